The van der Waals surface area contributed by atoms with Crippen LogP contribution in [0.3, 0.4) is 0 Å². The number of nitrogens with one attached hydrogen (secondary N) is 2. The molecule has 0 saturated carbocycles. The average Bonchev–Trinajstić information content (AvgIpc) is 3.44. The highest BCUT2D eigenvalue weighted by molar-refractivity contribution is 5.98. The van der Waals surface area contributed by atoms with Gasteiger partial charge in [0, 0.05) is 19.3 Å². The molecule has 4 N–H and O–H groups in total. The molecule has 2 aromatic carbocycles. The Morgan fingerprint density at radius 3 is 2.23 bits per heavy atom. The van der Waals surface area contributed by atoms with Crippen molar-refractivity contribution in [3.63, 3.8) is 0 Å². The second-order valence-electron chi connectivity index (χ2n) is 11.4. The molecule has 1 fully saturated rings. The summed E-state index contributed by atoms with van der Waals surface area (Å²) in [6.45, 7) is 6.98. The van der Waals surface area contributed by atoms with Crippen LogP contribution in [0.5, 0.6) is 0 Å². The summed E-state index contributed by atoms with van der Waals surface area (Å²) in [4.78, 5) is 46.1. The minimum Gasteiger partial charge on any atom is -0.374 e. The van der Waals surface area contributed by atoms with Crippen molar-refractivity contribution in [1.29, 1.82) is 0 Å². The Morgan fingerprint density at radius 2 is 1.64 bits per heavy atom. The maximum Gasteiger partial charge on any atom is 0.250 e. The van der Waals surface area contributed by atoms with Gasteiger partial charge in [-0.15, -0.1) is 24.8 Å². The number of carbonyl (C=O) groups is 3. The molecule has 1 unspecified atom stereocenters. The minimum atomic E-state index is -1.19. The van der Waals surface area contributed by atoms with Crippen LogP contribution in [0.15, 0.2) is 73.2 Å². The molecule has 240 valence electrons. The van der Waals surface area contributed by atoms with Gasteiger partial charge in [0.25, 0.3) is 5.91 Å². The van der Waals surface area contributed by atoms with Gasteiger partial charge < -0.3 is 30.6 Å². The second-order valence-corrected chi connectivity index (χ2v) is 11.4. The number of rotatable bonds is 12. The summed E-state index contributed by atoms with van der Waals surface area (Å²) in [5.74, 6) is -0.0918. The second kappa shape index (κ2) is 17.2. The largest absolute Gasteiger partial charge is 0.374 e. The maximum atomic E-state index is 13.8. The number of benzene rings is 2. The van der Waals surface area contributed by atoms with E-state index < -0.39 is 29.4 Å². The van der Waals surface area contributed by atoms with Gasteiger partial charge in [-0.05, 0) is 43.7 Å². The molecule has 0 aliphatic carbocycles. The lowest BCUT2D eigenvalue weighted by atomic mass is 9.93. The molecule has 1 aliphatic heterocycles. The molecule has 2 atom stereocenters. The lowest BCUT2D eigenvalue weighted by Crippen LogP contribution is -2.56. The SMILES string of the molecule is CCC1CCN(C(=O)C(c2ccccc2)n2cnc(NC(=O)[C@@H](COCc3ccccc3)NC(=O)C(C)(C)N)c2)CC1.Cl.Cl. The first kappa shape index (κ1) is 36.8. The quantitative estimate of drug-likeness (QED) is 0.268. The van der Waals surface area contributed by atoms with Crippen LogP contribution in [0.1, 0.15) is 57.2 Å². The van der Waals surface area contributed by atoms with E-state index >= 15 is 0 Å². The Balaban J connectivity index is 0.00000337. The number of piperidine rings is 1. The summed E-state index contributed by atoms with van der Waals surface area (Å²) in [6.07, 6.45) is 6.30. The van der Waals surface area contributed by atoms with Gasteiger partial charge in [-0.1, -0.05) is 74.0 Å². The molecule has 1 aromatic heterocycles. The number of amides is 3. The number of nitrogens with two attached hydrogens (primary N) is 1. The zero-order valence-electron chi connectivity index (χ0n) is 25.5. The van der Waals surface area contributed by atoms with Crippen molar-refractivity contribution in [3.05, 3.63) is 84.3 Å². The number of aromatic nitrogens is 2. The van der Waals surface area contributed by atoms with Gasteiger partial charge in [0.15, 0.2) is 5.82 Å². The molecule has 44 heavy (non-hydrogen) atoms. The average molecular weight is 648 g/mol. The van der Waals surface area contributed by atoms with E-state index in [1.165, 1.54) is 0 Å². The third-order valence-corrected chi connectivity index (χ3v) is 7.61. The van der Waals surface area contributed by atoms with Gasteiger partial charge in [0.1, 0.15) is 12.1 Å². The first-order valence-corrected chi connectivity index (χ1v) is 14.5. The van der Waals surface area contributed by atoms with Gasteiger partial charge in [-0.2, -0.15) is 0 Å². The van der Waals surface area contributed by atoms with Crippen molar-refractivity contribution < 1.29 is 19.1 Å². The van der Waals surface area contributed by atoms with Gasteiger partial charge in [0.2, 0.25) is 11.8 Å². The van der Waals surface area contributed by atoms with Crippen LogP contribution >= 0.6 is 24.8 Å². The van der Waals surface area contributed by atoms with E-state index in [4.69, 9.17) is 10.5 Å². The number of likely N-dealkylation sites (tertiary alicyclic amines) is 1. The van der Waals surface area contributed by atoms with Crippen molar-refractivity contribution in [3.8, 4) is 0 Å². The molecule has 0 spiro atoms. The minimum absolute atomic E-state index is 0. The summed E-state index contributed by atoms with van der Waals surface area (Å²) in [5, 5.41) is 5.47. The Morgan fingerprint density at radius 1 is 1.02 bits per heavy atom. The summed E-state index contributed by atoms with van der Waals surface area (Å²) < 4.78 is 7.50. The van der Waals surface area contributed by atoms with E-state index in [9.17, 15) is 14.4 Å². The van der Waals surface area contributed by atoms with Crippen LogP contribution in [-0.2, 0) is 25.7 Å². The van der Waals surface area contributed by atoms with Crippen LogP contribution in [0.25, 0.3) is 0 Å². The number of hydrogen-bond acceptors (Lipinski definition) is 6. The number of carbonyl (C=O) groups excluding carboxylic acids is 3. The molecule has 1 saturated heterocycles. The predicted molar refractivity (Wildman–Crippen MR) is 176 cm³/mol. The van der Waals surface area contributed by atoms with Crippen molar-refractivity contribution in [2.24, 2.45) is 11.7 Å². The molecular formula is C32H44Cl2N6O4. The Labute approximate surface area is 271 Å². The molecule has 2 heterocycles. The van der Waals surface area contributed by atoms with Crippen LogP contribution in [0, 0.1) is 5.92 Å². The summed E-state index contributed by atoms with van der Waals surface area (Å²) in [6, 6.07) is 17.5. The number of halogens is 2. The van der Waals surface area contributed by atoms with Crippen molar-refractivity contribution in [2.75, 3.05) is 25.0 Å². The van der Waals surface area contributed by atoms with Crippen LogP contribution < -0.4 is 16.4 Å². The summed E-state index contributed by atoms with van der Waals surface area (Å²) in [7, 11) is 0. The highest BCUT2D eigenvalue weighted by atomic mass is 35.5. The fraction of sp³-hybridized carbons (Fsp3) is 0.438. The fourth-order valence-electron chi connectivity index (χ4n) is 4.96. The Kier molecular flexibility index (Phi) is 14.3. The van der Waals surface area contributed by atoms with Gasteiger partial charge in [-0.25, -0.2) is 4.98 Å². The molecule has 4 rings (SSSR count). The molecular weight excluding hydrogens is 603 g/mol. The first-order valence-electron chi connectivity index (χ1n) is 14.5. The van der Waals surface area contributed by atoms with Gasteiger partial charge in [0.05, 0.1) is 25.1 Å². The number of imidazole rings is 1. The van der Waals surface area contributed by atoms with E-state index in [0.717, 1.165) is 43.5 Å². The zero-order valence-corrected chi connectivity index (χ0v) is 27.1. The van der Waals surface area contributed by atoms with E-state index in [0.29, 0.717) is 5.92 Å². The zero-order chi connectivity index (χ0) is 30.1. The monoisotopic (exact) mass is 646 g/mol. The van der Waals surface area contributed by atoms with E-state index in [2.05, 4.69) is 22.5 Å². The highest BCUT2D eigenvalue weighted by Gasteiger charge is 2.32. The van der Waals surface area contributed by atoms with Crippen LogP contribution in [-0.4, -0.2) is 63.4 Å². The number of ether oxygens (including phenoxy) is 1. The smallest absolute Gasteiger partial charge is 0.250 e. The molecule has 3 amide bonds. The van der Waals surface area contributed by atoms with Crippen LogP contribution in [0.4, 0.5) is 5.82 Å². The third-order valence-electron chi connectivity index (χ3n) is 7.61. The molecule has 0 bridgehead atoms. The first-order chi connectivity index (χ1) is 20.2. The van der Waals surface area contributed by atoms with E-state index in [1.54, 1.807) is 30.9 Å². The molecule has 12 heteroatoms. The summed E-state index contributed by atoms with van der Waals surface area (Å²) >= 11 is 0. The topological polar surface area (TPSA) is 132 Å². The number of nitrogens with zero attached hydrogens (tertiary/aromatic N) is 3. The molecule has 0 radical (unpaired) electrons. The number of hydrogen-bond donors (Lipinski definition) is 3. The highest BCUT2D eigenvalue weighted by Crippen LogP contribution is 2.27. The standard InChI is InChI=1S/C32H42N6O4.2ClH/c1-4-23-15-17-37(18-16-23)30(40)28(25-13-9-6-10-14-25)38-19-27(34-22-38)36-29(39)26(35-31(41)32(2,3)33)21-42-20-24-11-7-5-8-12-24;;/h5-14,19,22-23,26,28H,4,15-18,20-21,33H2,1-3H3,(H,35,41)(H,36,39);2*1H/t26-,28?;;/m1../s1. The van der Waals surface area contributed by atoms with Gasteiger partial charge in [-0.3, -0.25) is 14.4 Å². The Bertz CT molecular complexity index is 1330. The predicted octanol–water partition coefficient (Wildman–Crippen LogP) is 4.34. The number of anilines is 1. The van der Waals surface area contributed by atoms with E-state index in [1.807, 2.05) is 65.6 Å². The molecule has 3 aromatic rings. The van der Waals surface area contributed by atoms with Crippen molar-refractivity contribution in [2.45, 2.75) is 64.3 Å². The molecule has 10 nitrogen and oxygen atoms in total. The maximum absolute atomic E-state index is 13.8. The Hall–Kier alpha value is -3.44. The normalized spacial score (nSPS) is 14.9. The van der Waals surface area contributed by atoms with Gasteiger partial charge >= 0.3 is 0 Å². The lowest BCUT2D eigenvalue weighted by Gasteiger charge is -2.34. The third kappa shape index (κ3) is 10.1. The fourth-order valence-corrected chi connectivity index (χ4v) is 4.96. The van der Waals surface area contributed by atoms with Crippen molar-refractivity contribution >= 4 is 48.4 Å². The summed E-state index contributed by atoms with van der Waals surface area (Å²) in [5.41, 5.74) is 6.55. The van der Waals surface area contributed by atoms with Crippen molar-refractivity contribution in [1.82, 2.24) is 19.8 Å². The molecule has 1 aliphatic rings. The lowest BCUT2D eigenvalue weighted by molar-refractivity contribution is -0.135. The van der Waals surface area contributed by atoms with E-state index in [-0.39, 0.29) is 49.8 Å². The van der Waals surface area contributed by atoms with Crippen LogP contribution in [0.2, 0.25) is 0 Å².